The molecule has 168 valence electrons. The van der Waals surface area contributed by atoms with Gasteiger partial charge in [0.25, 0.3) is 0 Å². The number of carboxylic acid groups (broad SMARTS) is 1. The third kappa shape index (κ3) is 4.20. The van der Waals surface area contributed by atoms with E-state index in [1.807, 2.05) is 19.1 Å². The first-order chi connectivity index (χ1) is 15.0. The van der Waals surface area contributed by atoms with Crippen LogP contribution >= 0.6 is 0 Å². The summed E-state index contributed by atoms with van der Waals surface area (Å²) in [5, 5.41) is 8.98. The molecule has 0 aliphatic heterocycles. The lowest BCUT2D eigenvalue weighted by atomic mass is 9.62. The van der Waals surface area contributed by atoms with E-state index in [1.54, 1.807) is 11.1 Å². The minimum Gasteiger partial charge on any atom is -0.478 e. The van der Waals surface area contributed by atoms with Crippen molar-refractivity contribution in [2.45, 2.75) is 84.0 Å². The molecular weight excluding hydrogens is 392 g/mol. The summed E-state index contributed by atoms with van der Waals surface area (Å²) in [6, 6.07) is 13.4. The van der Waals surface area contributed by atoms with E-state index in [0.717, 1.165) is 24.0 Å². The van der Waals surface area contributed by atoms with Crippen molar-refractivity contribution in [3.05, 3.63) is 81.9 Å². The van der Waals surface area contributed by atoms with Gasteiger partial charge < -0.3 is 5.11 Å². The molecule has 2 aliphatic carbocycles. The predicted molar refractivity (Wildman–Crippen MR) is 134 cm³/mol. The number of fused-ring (bicyclic) bond motifs is 1. The highest BCUT2D eigenvalue weighted by molar-refractivity contribution is 5.89. The number of carboxylic acids is 1. The zero-order valence-electron chi connectivity index (χ0n) is 20.4. The van der Waals surface area contributed by atoms with E-state index in [2.05, 4.69) is 65.0 Å². The molecular formula is C30H36O2. The van der Waals surface area contributed by atoms with Gasteiger partial charge in [-0.3, -0.25) is 0 Å². The van der Waals surface area contributed by atoms with Gasteiger partial charge in [-0.05, 0) is 101 Å². The Kier molecular flexibility index (Phi) is 5.69. The highest BCUT2D eigenvalue weighted by Crippen LogP contribution is 2.49. The van der Waals surface area contributed by atoms with Crippen LogP contribution in [0.2, 0.25) is 0 Å². The topological polar surface area (TPSA) is 37.3 Å². The van der Waals surface area contributed by atoms with Crippen molar-refractivity contribution in [3.8, 4) is 0 Å². The molecule has 32 heavy (non-hydrogen) atoms. The molecule has 4 rings (SSSR count). The lowest BCUT2D eigenvalue weighted by Crippen LogP contribution is -2.34. The Labute approximate surface area is 193 Å². The van der Waals surface area contributed by atoms with E-state index >= 15 is 0 Å². The van der Waals surface area contributed by atoms with Gasteiger partial charge >= 0.3 is 5.97 Å². The molecule has 0 spiro atoms. The zero-order chi connectivity index (χ0) is 23.3. The van der Waals surface area contributed by atoms with Crippen molar-refractivity contribution in [3.63, 3.8) is 0 Å². The average Bonchev–Trinajstić information content (AvgIpc) is 3.21. The number of aliphatic carboxylic acids is 1. The first-order valence-electron chi connectivity index (χ1n) is 11.8. The smallest absolute Gasteiger partial charge is 0.328 e. The number of hydrogen-bond donors (Lipinski definition) is 1. The molecule has 2 heteroatoms. The monoisotopic (exact) mass is 428 g/mol. The molecule has 0 amide bonds. The minimum atomic E-state index is -0.903. The molecule has 1 unspecified atom stereocenters. The van der Waals surface area contributed by atoms with Crippen LogP contribution in [0.5, 0.6) is 0 Å². The normalized spacial score (nSPS) is 21.8. The number of carbonyl (C=O) groups is 1. The molecule has 0 fully saturated rings. The molecule has 2 aromatic carbocycles. The molecule has 1 N–H and O–H groups in total. The van der Waals surface area contributed by atoms with Gasteiger partial charge in [0.1, 0.15) is 0 Å². The predicted octanol–water partition coefficient (Wildman–Crippen LogP) is 7.79. The maximum atomic E-state index is 10.9. The van der Waals surface area contributed by atoms with Crippen LogP contribution in [0.1, 0.15) is 99.6 Å². The molecule has 0 bridgehead atoms. The molecule has 0 saturated carbocycles. The van der Waals surface area contributed by atoms with Crippen LogP contribution in [-0.4, -0.2) is 11.1 Å². The Balaban J connectivity index is 1.58. The third-order valence-corrected chi connectivity index (χ3v) is 7.85. The van der Waals surface area contributed by atoms with Crippen LogP contribution in [-0.2, 0) is 15.6 Å². The van der Waals surface area contributed by atoms with Gasteiger partial charge in [0.15, 0.2) is 0 Å². The summed E-state index contributed by atoms with van der Waals surface area (Å²) in [5.41, 5.74) is 10.9. The van der Waals surface area contributed by atoms with Crippen LogP contribution in [0, 0.1) is 6.92 Å². The van der Waals surface area contributed by atoms with Crippen molar-refractivity contribution in [2.75, 3.05) is 0 Å². The number of aryl methyl sites for hydroxylation is 1. The fraction of sp³-hybridized carbons (Fsp3) is 0.433. The highest BCUT2D eigenvalue weighted by atomic mass is 16.4. The lowest BCUT2D eigenvalue weighted by molar-refractivity contribution is -0.131. The van der Waals surface area contributed by atoms with Crippen molar-refractivity contribution < 1.29 is 9.90 Å². The van der Waals surface area contributed by atoms with Gasteiger partial charge in [0, 0.05) is 6.08 Å². The second kappa shape index (κ2) is 8.06. The summed E-state index contributed by atoms with van der Waals surface area (Å²) in [6.07, 6.45) is 8.30. The standard InChI is InChI=1S/C30H36O2/c1-19(16-28(31)32)21-7-9-22(10-8-21)23-11-12-24(17-23)25-18-27-26(15-20(25)2)29(3,4)13-14-30(27,5)6/h7-11,15-16,18,24H,12-14,17H2,1-6H3,(H,31,32). The maximum absolute atomic E-state index is 10.9. The van der Waals surface area contributed by atoms with Crippen LogP contribution in [0.4, 0.5) is 0 Å². The van der Waals surface area contributed by atoms with Gasteiger partial charge in [0.05, 0.1) is 0 Å². The van der Waals surface area contributed by atoms with E-state index in [4.69, 9.17) is 5.11 Å². The molecule has 2 aliphatic rings. The SMILES string of the molecule is CC(=CC(=O)O)c1ccc(C2=CCC(c3cc4c(cc3C)C(C)(C)CCC4(C)C)C2)cc1. The zero-order valence-corrected chi connectivity index (χ0v) is 20.4. The van der Waals surface area contributed by atoms with Gasteiger partial charge in [-0.1, -0.05) is 70.2 Å². The third-order valence-electron chi connectivity index (χ3n) is 7.85. The summed E-state index contributed by atoms with van der Waals surface area (Å²) in [7, 11) is 0. The first-order valence-corrected chi connectivity index (χ1v) is 11.8. The van der Waals surface area contributed by atoms with Crippen molar-refractivity contribution in [2.24, 2.45) is 0 Å². The second-order valence-corrected chi connectivity index (χ2v) is 11.1. The molecule has 2 nitrogen and oxygen atoms in total. The van der Waals surface area contributed by atoms with E-state index in [-0.39, 0.29) is 10.8 Å². The minimum absolute atomic E-state index is 0.235. The van der Waals surface area contributed by atoms with Gasteiger partial charge in [-0.15, -0.1) is 0 Å². The summed E-state index contributed by atoms with van der Waals surface area (Å²) in [4.78, 5) is 10.9. The Morgan fingerprint density at radius 1 is 1.00 bits per heavy atom. The van der Waals surface area contributed by atoms with Crippen LogP contribution < -0.4 is 0 Å². The Bertz CT molecular complexity index is 1110. The van der Waals surface area contributed by atoms with Crippen molar-refractivity contribution in [1.29, 1.82) is 0 Å². The van der Waals surface area contributed by atoms with Crippen LogP contribution in [0.25, 0.3) is 11.1 Å². The quantitative estimate of drug-likeness (QED) is 0.505. The van der Waals surface area contributed by atoms with Gasteiger partial charge in [-0.2, -0.15) is 0 Å². The second-order valence-electron chi connectivity index (χ2n) is 11.1. The Hall–Kier alpha value is -2.61. The molecule has 1 atom stereocenters. The van der Waals surface area contributed by atoms with E-state index in [9.17, 15) is 4.79 Å². The van der Waals surface area contributed by atoms with Crippen LogP contribution in [0.15, 0.2) is 48.6 Å². The number of benzene rings is 2. The molecule has 0 saturated heterocycles. The van der Waals surface area contributed by atoms with Gasteiger partial charge in [-0.25, -0.2) is 4.79 Å². The highest BCUT2D eigenvalue weighted by Gasteiger charge is 2.38. The summed E-state index contributed by atoms with van der Waals surface area (Å²) in [5.74, 6) is -0.371. The largest absolute Gasteiger partial charge is 0.478 e. The summed E-state index contributed by atoms with van der Waals surface area (Å²) in [6.45, 7) is 13.7. The summed E-state index contributed by atoms with van der Waals surface area (Å²) >= 11 is 0. The Morgan fingerprint density at radius 2 is 1.59 bits per heavy atom. The average molecular weight is 429 g/mol. The van der Waals surface area contributed by atoms with Gasteiger partial charge in [0.2, 0.25) is 0 Å². The number of hydrogen-bond acceptors (Lipinski definition) is 1. The fourth-order valence-corrected chi connectivity index (χ4v) is 5.58. The fourth-order valence-electron chi connectivity index (χ4n) is 5.58. The molecule has 2 aromatic rings. The summed E-state index contributed by atoms with van der Waals surface area (Å²) < 4.78 is 0. The van der Waals surface area contributed by atoms with E-state index in [1.165, 1.54) is 41.2 Å². The lowest BCUT2D eigenvalue weighted by Gasteiger charge is -2.42. The number of rotatable bonds is 4. The Morgan fingerprint density at radius 3 is 2.19 bits per heavy atom. The molecule has 0 heterocycles. The molecule has 0 radical (unpaired) electrons. The molecule has 0 aromatic heterocycles. The first kappa shape index (κ1) is 22.6. The maximum Gasteiger partial charge on any atom is 0.328 e. The van der Waals surface area contributed by atoms with Crippen LogP contribution in [0.3, 0.4) is 0 Å². The van der Waals surface area contributed by atoms with E-state index < -0.39 is 5.97 Å². The van der Waals surface area contributed by atoms with Crippen molar-refractivity contribution >= 4 is 17.1 Å². The number of allylic oxidation sites excluding steroid dienone is 3. The van der Waals surface area contributed by atoms with Crippen molar-refractivity contribution in [1.82, 2.24) is 0 Å². The van der Waals surface area contributed by atoms with E-state index in [0.29, 0.717) is 5.92 Å².